The van der Waals surface area contributed by atoms with Crippen LogP contribution in [0.15, 0.2) is 36.4 Å². The third-order valence-corrected chi connectivity index (χ3v) is 3.95. The first-order valence-electron chi connectivity index (χ1n) is 6.86. The maximum Gasteiger partial charge on any atom is 0.257 e. The van der Waals surface area contributed by atoms with Crippen LogP contribution in [0.5, 0.6) is 5.75 Å². The molecule has 0 unspecified atom stereocenters. The number of hydrogen-bond acceptors (Lipinski definition) is 4. The molecule has 3 aromatic rings. The molecule has 3 rings (SSSR count). The van der Waals surface area contributed by atoms with E-state index in [4.69, 9.17) is 4.74 Å². The number of carbonyl (C=O) groups is 1. The predicted molar refractivity (Wildman–Crippen MR) is 85.1 cm³/mol. The van der Waals surface area contributed by atoms with Crippen molar-refractivity contribution in [2.75, 3.05) is 11.9 Å². The van der Waals surface area contributed by atoms with Gasteiger partial charge in [-0.2, -0.15) is 0 Å². The van der Waals surface area contributed by atoms with E-state index in [9.17, 15) is 13.6 Å². The summed E-state index contributed by atoms with van der Waals surface area (Å²) in [4.78, 5) is 16.3. The molecule has 0 saturated heterocycles. The van der Waals surface area contributed by atoms with E-state index in [2.05, 4.69) is 10.3 Å². The fraction of sp³-hybridized carbons (Fsp3) is 0.125. The smallest absolute Gasteiger partial charge is 0.257 e. The van der Waals surface area contributed by atoms with Crippen LogP contribution in [0.3, 0.4) is 0 Å². The average Bonchev–Trinajstić information content (AvgIpc) is 2.88. The van der Waals surface area contributed by atoms with Gasteiger partial charge in [-0.1, -0.05) is 11.3 Å². The number of ether oxygens (including phenoxy) is 1. The second-order valence-electron chi connectivity index (χ2n) is 4.69. The molecule has 1 aromatic heterocycles. The van der Waals surface area contributed by atoms with Crippen LogP contribution in [-0.4, -0.2) is 17.5 Å². The molecule has 1 heterocycles. The summed E-state index contributed by atoms with van der Waals surface area (Å²) in [5.41, 5.74) is 0.607. The minimum Gasteiger partial charge on any atom is -0.494 e. The lowest BCUT2D eigenvalue weighted by atomic mass is 10.2. The second kappa shape index (κ2) is 6.29. The normalized spacial score (nSPS) is 10.7. The van der Waals surface area contributed by atoms with Gasteiger partial charge in [0.05, 0.1) is 16.8 Å². The minimum atomic E-state index is -0.805. The van der Waals surface area contributed by atoms with Crippen molar-refractivity contribution in [2.45, 2.75) is 6.92 Å². The number of amides is 1. The van der Waals surface area contributed by atoms with E-state index >= 15 is 0 Å². The van der Waals surface area contributed by atoms with E-state index in [1.165, 1.54) is 11.3 Å². The monoisotopic (exact) mass is 334 g/mol. The van der Waals surface area contributed by atoms with Gasteiger partial charge in [-0.3, -0.25) is 10.1 Å². The third kappa shape index (κ3) is 3.45. The van der Waals surface area contributed by atoms with Crippen LogP contribution >= 0.6 is 11.3 Å². The number of aromatic nitrogens is 1. The van der Waals surface area contributed by atoms with Crippen molar-refractivity contribution < 1.29 is 18.3 Å². The van der Waals surface area contributed by atoms with Gasteiger partial charge in [-0.05, 0) is 37.3 Å². The molecule has 0 aliphatic heterocycles. The molecule has 1 amide bonds. The van der Waals surface area contributed by atoms with Crippen molar-refractivity contribution >= 4 is 32.6 Å². The van der Waals surface area contributed by atoms with Gasteiger partial charge in [0.15, 0.2) is 5.13 Å². The van der Waals surface area contributed by atoms with E-state index in [-0.39, 0.29) is 5.56 Å². The van der Waals surface area contributed by atoms with E-state index in [0.29, 0.717) is 29.1 Å². The van der Waals surface area contributed by atoms with Crippen molar-refractivity contribution in [1.82, 2.24) is 4.98 Å². The number of carbonyl (C=O) groups excluding carboxylic acids is 1. The number of nitrogens with one attached hydrogen (secondary N) is 1. The number of thiazole rings is 1. The van der Waals surface area contributed by atoms with E-state index in [1.807, 2.05) is 13.0 Å². The summed E-state index contributed by atoms with van der Waals surface area (Å²) in [6, 6.07) is 8.06. The Morgan fingerprint density at radius 1 is 1.22 bits per heavy atom. The lowest BCUT2D eigenvalue weighted by Crippen LogP contribution is -2.12. The van der Waals surface area contributed by atoms with Gasteiger partial charge in [0.25, 0.3) is 5.91 Å². The van der Waals surface area contributed by atoms with Crippen LogP contribution in [0.1, 0.15) is 17.3 Å². The van der Waals surface area contributed by atoms with Crippen molar-refractivity contribution in [3.05, 3.63) is 53.6 Å². The maximum absolute atomic E-state index is 13.2. The third-order valence-electron chi connectivity index (χ3n) is 3.02. The molecular weight excluding hydrogens is 322 g/mol. The van der Waals surface area contributed by atoms with Crippen molar-refractivity contribution in [3.63, 3.8) is 0 Å². The zero-order valence-corrected chi connectivity index (χ0v) is 12.9. The Morgan fingerprint density at radius 3 is 2.65 bits per heavy atom. The van der Waals surface area contributed by atoms with E-state index in [1.54, 1.807) is 12.1 Å². The molecule has 0 aliphatic carbocycles. The highest BCUT2D eigenvalue weighted by Gasteiger charge is 2.12. The van der Waals surface area contributed by atoms with Gasteiger partial charge in [0, 0.05) is 11.6 Å². The summed E-state index contributed by atoms with van der Waals surface area (Å²) in [7, 11) is 0. The molecule has 0 aliphatic rings. The Labute approximate surface area is 134 Å². The Balaban J connectivity index is 1.84. The molecular formula is C16H12F2N2O2S. The molecule has 4 nitrogen and oxygen atoms in total. The Morgan fingerprint density at radius 2 is 1.96 bits per heavy atom. The topological polar surface area (TPSA) is 51.2 Å². The average molecular weight is 334 g/mol. The number of nitrogens with zero attached hydrogens (tertiary/aromatic N) is 1. The van der Waals surface area contributed by atoms with E-state index < -0.39 is 17.5 Å². The van der Waals surface area contributed by atoms with Crippen LogP contribution in [0, 0.1) is 11.6 Å². The SMILES string of the molecule is CCOc1ccc2nc(NC(=O)c3cc(F)cc(F)c3)sc2c1. The molecule has 1 N–H and O–H groups in total. The zero-order valence-electron chi connectivity index (χ0n) is 12.1. The summed E-state index contributed by atoms with van der Waals surface area (Å²) < 4.78 is 32.6. The predicted octanol–water partition coefficient (Wildman–Crippen LogP) is 4.23. The molecule has 0 atom stereocenters. The van der Waals surface area contributed by atoms with Crippen LogP contribution < -0.4 is 10.1 Å². The first-order valence-corrected chi connectivity index (χ1v) is 7.67. The Kier molecular flexibility index (Phi) is 4.20. The van der Waals surface area contributed by atoms with Crippen LogP contribution in [-0.2, 0) is 0 Å². The largest absolute Gasteiger partial charge is 0.494 e. The molecule has 0 bridgehead atoms. The van der Waals surface area contributed by atoms with Gasteiger partial charge < -0.3 is 4.74 Å². The fourth-order valence-corrected chi connectivity index (χ4v) is 2.96. The van der Waals surface area contributed by atoms with E-state index in [0.717, 1.165) is 16.8 Å². The number of anilines is 1. The standard InChI is InChI=1S/C16H12F2N2O2S/c1-2-22-12-3-4-13-14(8-12)23-16(19-13)20-15(21)9-5-10(17)7-11(18)6-9/h3-8H,2H2,1H3,(H,19,20,21). The van der Waals surface area contributed by atoms with Crippen LogP contribution in [0.2, 0.25) is 0 Å². The van der Waals surface area contributed by atoms with Gasteiger partial charge in [-0.15, -0.1) is 0 Å². The molecule has 0 fully saturated rings. The van der Waals surface area contributed by atoms with Crippen LogP contribution in [0.4, 0.5) is 13.9 Å². The quantitative estimate of drug-likeness (QED) is 0.777. The van der Waals surface area contributed by atoms with Crippen LogP contribution in [0.25, 0.3) is 10.2 Å². The van der Waals surface area contributed by atoms with Crippen molar-refractivity contribution in [2.24, 2.45) is 0 Å². The molecule has 0 spiro atoms. The number of hydrogen-bond donors (Lipinski definition) is 1. The summed E-state index contributed by atoms with van der Waals surface area (Å²) in [5, 5.41) is 2.90. The second-order valence-corrected chi connectivity index (χ2v) is 5.72. The molecule has 118 valence electrons. The molecule has 0 saturated carbocycles. The molecule has 23 heavy (non-hydrogen) atoms. The lowest BCUT2D eigenvalue weighted by molar-refractivity contribution is 0.102. The number of fused-ring (bicyclic) bond motifs is 1. The zero-order chi connectivity index (χ0) is 16.4. The Bertz CT molecular complexity index is 859. The first-order chi connectivity index (χ1) is 11.0. The summed E-state index contributed by atoms with van der Waals surface area (Å²) >= 11 is 1.26. The lowest BCUT2D eigenvalue weighted by Gasteiger charge is -2.02. The number of benzene rings is 2. The fourth-order valence-electron chi connectivity index (χ4n) is 2.07. The van der Waals surface area contributed by atoms with Crippen molar-refractivity contribution in [1.29, 1.82) is 0 Å². The maximum atomic E-state index is 13.2. The molecule has 0 radical (unpaired) electrons. The first kappa shape index (κ1) is 15.4. The highest BCUT2D eigenvalue weighted by Crippen LogP contribution is 2.29. The summed E-state index contributed by atoms with van der Waals surface area (Å²) in [6.07, 6.45) is 0. The van der Waals surface area contributed by atoms with Gasteiger partial charge in [0.1, 0.15) is 17.4 Å². The van der Waals surface area contributed by atoms with Gasteiger partial charge >= 0.3 is 0 Å². The van der Waals surface area contributed by atoms with Gasteiger partial charge in [-0.25, -0.2) is 13.8 Å². The highest BCUT2D eigenvalue weighted by atomic mass is 32.1. The minimum absolute atomic E-state index is 0.100. The molecule has 7 heteroatoms. The highest BCUT2D eigenvalue weighted by molar-refractivity contribution is 7.22. The molecule has 2 aromatic carbocycles. The van der Waals surface area contributed by atoms with Gasteiger partial charge in [0.2, 0.25) is 0 Å². The number of halogens is 2. The summed E-state index contributed by atoms with van der Waals surface area (Å²) in [5.74, 6) is -1.51. The van der Waals surface area contributed by atoms with Crippen molar-refractivity contribution in [3.8, 4) is 5.75 Å². The Hall–Kier alpha value is -2.54. The number of rotatable bonds is 4. The summed E-state index contributed by atoms with van der Waals surface area (Å²) in [6.45, 7) is 2.44.